The van der Waals surface area contributed by atoms with E-state index in [0.29, 0.717) is 22.7 Å². The smallest absolute Gasteiger partial charge is 0.410 e. The predicted molar refractivity (Wildman–Crippen MR) is 110 cm³/mol. The number of aryl methyl sites for hydroxylation is 1. The molecule has 3 aromatic rings. The fourth-order valence-corrected chi connectivity index (χ4v) is 3.86. The summed E-state index contributed by atoms with van der Waals surface area (Å²) >= 11 is 0. The van der Waals surface area contributed by atoms with Crippen molar-refractivity contribution in [2.75, 3.05) is 17.4 Å². The molecule has 0 radical (unpaired) electrons. The van der Waals surface area contributed by atoms with Crippen molar-refractivity contribution in [3.8, 4) is 11.5 Å². The molecule has 1 aromatic heterocycles. The fourth-order valence-electron chi connectivity index (χ4n) is 3.86. The Morgan fingerprint density at radius 1 is 1.12 bits per heavy atom. The van der Waals surface area contributed by atoms with Crippen LogP contribution in [0.3, 0.4) is 0 Å². The van der Waals surface area contributed by atoms with Gasteiger partial charge in [0, 0.05) is 18.2 Å². The molecule has 10 heteroatoms. The van der Waals surface area contributed by atoms with Crippen molar-refractivity contribution in [1.82, 2.24) is 9.78 Å². The van der Waals surface area contributed by atoms with E-state index in [9.17, 15) is 18.0 Å². The lowest BCUT2D eigenvalue weighted by Gasteiger charge is -2.33. The van der Waals surface area contributed by atoms with Crippen LogP contribution in [0.15, 0.2) is 48.5 Å². The zero-order valence-corrected chi connectivity index (χ0v) is 16.9. The van der Waals surface area contributed by atoms with Gasteiger partial charge in [0.05, 0.1) is 6.04 Å². The Bertz CT molecular complexity index is 1170. The molecule has 2 N–H and O–H groups in total. The van der Waals surface area contributed by atoms with E-state index in [1.807, 2.05) is 19.1 Å². The summed E-state index contributed by atoms with van der Waals surface area (Å²) in [5.74, 6) is 0.579. The number of hydrogen-bond acceptors (Lipinski definition) is 5. The van der Waals surface area contributed by atoms with E-state index in [0.717, 1.165) is 10.2 Å². The SMILES string of the molecule is Cc1ccc(NC(=O)c2cc3n(n2)C(C(F)(F)F)CC(c2ccc4c(c2)OCO4)N3)cc1. The Morgan fingerprint density at radius 2 is 1.88 bits per heavy atom. The number of alkyl halides is 3. The number of rotatable bonds is 3. The number of carbonyl (C=O) groups excluding carboxylic acids is 1. The fraction of sp³-hybridized carbons (Fsp3) is 0.273. The van der Waals surface area contributed by atoms with Crippen molar-refractivity contribution in [2.45, 2.75) is 31.6 Å². The number of ether oxygens (including phenoxy) is 2. The Morgan fingerprint density at radius 3 is 2.62 bits per heavy atom. The van der Waals surface area contributed by atoms with E-state index in [1.54, 1.807) is 30.3 Å². The van der Waals surface area contributed by atoms with Crippen molar-refractivity contribution in [2.24, 2.45) is 0 Å². The number of amides is 1. The highest BCUT2D eigenvalue weighted by Gasteiger charge is 2.47. The van der Waals surface area contributed by atoms with Gasteiger partial charge in [0.25, 0.3) is 5.91 Å². The highest BCUT2D eigenvalue weighted by molar-refractivity contribution is 6.03. The van der Waals surface area contributed by atoms with Gasteiger partial charge in [-0.3, -0.25) is 4.79 Å². The quantitative estimate of drug-likeness (QED) is 0.605. The molecule has 1 amide bonds. The second-order valence-corrected chi connectivity index (χ2v) is 7.78. The van der Waals surface area contributed by atoms with Crippen LogP contribution in [0.4, 0.5) is 24.7 Å². The van der Waals surface area contributed by atoms with Gasteiger partial charge in [-0.05, 0) is 36.8 Å². The molecule has 7 nitrogen and oxygen atoms in total. The average Bonchev–Trinajstić information content (AvgIpc) is 3.40. The second-order valence-electron chi connectivity index (χ2n) is 7.78. The predicted octanol–water partition coefficient (Wildman–Crippen LogP) is 4.83. The Balaban J connectivity index is 1.44. The number of nitrogens with one attached hydrogen (secondary N) is 2. The van der Waals surface area contributed by atoms with Crippen LogP contribution >= 0.6 is 0 Å². The molecule has 0 aliphatic carbocycles. The van der Waals surface area contributed by atoms with Crippen molar-refractivity contribution in [1.29, 1.82) is 0 Å². The maximum absolute atomic E-state index is 13.9. The molecule has 0 saturated heterocycles. The van der Waals surface area contributed by atoms with E-state index >= 15 is 0 Å². The number of anilines is 2. The van der Waals surface area contributed by atoms with Crippen molar-refractivity contribution >= 4 is 17.4 Å². The number of fused-ring (bicyclic) bond motifs is 2. The minimum absolute atomic E-state index is 0.0777. The highest BCUT2D eigenvalue weighted by atomic mass is 19.4. The topological polar surface area (TPSA) is 77.4 Å². The van der Waals surface area contributed by atoms with Gasteiger partial charge in [-0.25, -0.2) is 4.68 Å². The Kier molecular flexibility index (Phi) is 4.72. The summed E-state index contributed by atoms with van der Waals surface area (Å²) in [6, 6.07) is 10.9. The van der Waals surface area contributed by atoms with Crippen LogP contribution in [-0.2, 0) is 0 Å². The lowest BCUT2D eigenvalue weighted by atomic mass is 9.96. The van der Waals surface area contributed by atoms with Gasteiger partial charge in [-0.2, -0.15) is 18.3 Å². The van der Waals surface area contributed by atoms with Gasteiger partial charge in [-0.1, -0.05) is 23.8 Å². The molecule has 2 unspecified atom stereocenters. The molecule has 0 bridgehead atoms. The normalized spacial score (nSPS) is 19.2. The average molecular weight is 444 g/mol. The minimum Gasteiger partial charge on any atom is -0.454 e. The molecular formula is C22H19F3N4O3. The third-order valence-electron chi connectivity index (χ3n) is 5.53. The molecule has 2 aliphatic rings. The molecule has 2 aromatic carbocycles. The lowest BCUT2D eigenvalue weighted by molar-refractivity contribution is -0.173. The molecule has 0 fully saturated rings. The van der Waals surface area contributed by atoms with Gasteiger partial charge in [-0.15, -0.1) is 0 Å². The summed E-state index contributed by atoms with van der Waals surface area (Å²) in [7, 11) is 0. The third-order valence-corrected chi connectivity index (χ3v) is 5.53. The van der Waals surface area contributed by atoms with Gasteiger partial charge < -0.3 is 20.1 Å². The summed E-state index contributed by atoms with van der Waals surface area (Å²) in [4.78, 5) is 12.6. The summed E-state index contributed by atoms with van der Waals surface area (Å²) in [6.45, 7) is 1.99. The third kappa shape index (κ3) is 3.72. The van der Waals surface area contributed by atoms with Crippen molar-refractivity contribution in [3.05, 3.63) is 65.4 Å². The number of hydrogen-bond donors (Lipinski definition) is 2. The molecule has 32 heavy (non-hydrogen) atoms. The van der Waals surface area contributed by atoms with Crippen LogP contribution in [0.5, 0.6) is 11.5 Å². The van der Waals surface area contributed by atoms with Crippen LogP contribution in [0.25, 0.3) is 0 Å². The first-order chi connectivity index (χ1) is 15.3. The molecular weight excluding hydrogens is 425 g/mol. The number of halogens is 3. The monoisotopic (exact) mass is 444 g/mol. The molecule has 2 aliphatic heterocycles. The molecule has 5 rings (SSSR count). The van der Waals surface area contributed by atoms with Crippen LogP contribution in [0.1, 0.15) is 40.1 Å². The maximum atomic E-state index is 13.9. The molecule has 0 spiro atoms. The Labute approximate surface area is 181 Å². The summed E-state index contributed by atoms with van der Waals surface area (Å²) in [5.41, 5.74) is 2.08. The molecule has 0 saturated carbocycles. The summed E-state index contributed by atoms with van der Waals surface area (Å²) < 4.78 is 53.1. The highest BCUT2D eigenvalue weighted by Crippen LogP contribution is 2.45. The zero-order chi connectivity index (χ0) is 22.5. The van der Waals surface area contributed by atoms with E-state index < -0.39 is 24.2 Å². The van der Waals surface area contributed by atoms with Crippen LogP contribution in [0.2, 0.25) is 0 Å². The van der Waals surface area contributed by atoms with E-state index in [2.05, 4.69) is 15.7 Å². The number of benzene rings is 2. The largest absolute Gasteiger partial charge is 0.454 e. The first kappa shape index (κ1) is 20.2. The van der Waals surface area contributed by atoms with Crippen LogP contribution < -0.4 is 20.1 Å². The van der Waals surface area contributed by atoms with Crippen molar-refractivity contribution < 1.29 is 27.4 Å². The van der Waals surface area contributed by atoms with Gasteiger partial charge >= 0.3 is 6.18 Å². The van der Waals surface area contributed by atoms with E-state index in [1.165, 1.54) is 6.07 Å². The van der Waals surface area contributed by atoms with Crippen LogP contribution in [0, 0.1) is 6.92 Å². The number of nitrogens with zero attached hydrogens (tertiary/aromatic N) is 2. The number of carbonyl (C=O) groups is 1. The Hall–Kier alpha value is -3.69. The second kappa shape index (κ2) is 7.47. The van der Waals surface area contributed by atoms with Gasteiger partial charge in [0.15, 0.2) is 23.2 Å². The van der Waals surface area contributed by atoms with Gasteiger partial charge in [0.1, 0.15) is 5.82 Å². The first-order valence-electron chi connectivity index (χ1n) is 9.98. The zero-order valence-electron chi connectivity index (χ0n) is 16.9. The maximum Gasteiger partial charge on any atom is 0.410 e. The lowest BCUT2D eigenvalue weighted by Crippen LogP contribution is -2.35. The van der Waals surface area contributed by atoms with Gasteiger partial charge in [0.2, 0.25) is 6.79 Å². The molecule has 166 valence electrons. The van der Waals surface area contributed by atoms with Crippen molar-refractivity contribution in [3.63, 3.8) is 0 Å². The molecule has 3 heterocycles. The standard InChI is InChI=1S/C22H19F3N4O3/c1-12-2-5-14(6-3-12)26-21(30)16-10-20-27-15(9-19(22(23,24)25)29(20)28-16)13-4-7-17-18(8-13)32-11-31-17/h2-8,10,15,19,27H,9,11H2,1H3,(H,26,30). The van der Waals surface area contributed by atoms with Crippen LogP contribution in [-0.4, -0.2) is 28.7 Å². The van der Waals surface area contributed by atoms with E-state index in [4.69, 9.17) is 9.47 Å². The minimum atomic E-state index is -4.54. The van der Waals surface area contributed by atoms with E-state index in [-0.39, 0.29) is 24.7 Å². The molecule has 2 atom stereocenters. The first-order valence-corrected chi connectivity index (χ1v) is 9.98. The summed E-state index contributed by atoms with van der Waals surface area (Å²) in [5, 5.41) is 9.72. The summed E-state index contributed by atoms with van der Waals surface area (Å²) in [6.07, 6.45) is -4.82. The number of aromatic nitrogens is 2.